The van der Waals surface area contributed by atoms with Gasteiger partial charge in [0.2, 0.25) is 0 Å². The first-order valence-corrected chi connectivity index (χ1v) is 15.6. The molecule has 0 saturated carbocycles. The Morgan fingerprint density at radius 1 is 0.333 bits per heavy atom. The molecule has 0 fully saturated rings. The molecule has 0 atom stereocenters. The minimum atomic E-state index is 1.16. The van der Waals surface area contributed by atoms with Gasteiger partial charge in [-0.1, -0.05) is 121 Å². The predicted molar refractivity (Wildman–Crippen MR) is 192 cm³/mol. The van der Waals surface area contributed by atoms with E-state index in [4.69, 9.17) is 0 Å². The van der Waals surface area contributed by atoms with E-state index in [1.165, 1.54) is 77.4 Å². The lowest BCUT2D eigenvalue weighted by atomic mass is 9.92. The Bertz CT molecular complexity index is 2320. The minimum Gasteiger partial charge on any atom is -0.309 e. The first-order chi connectivity index (χ1) is 22.1. The molecule has 214 valence electrons. The summed E-state index contributed by atoms with van der Waals surface area (Å²) in [6.07, 6.45) is 0. The van der Waals surface area contributed by atoms with Gasteiger partial charge in [0, 0.05) is 16.5 Å². The topological polar surface area (TPSA) is 4.93 Å². The highest BCUT2D eigenvalue weighted by atomic mass is 15.0. The Balaban J connectivity index is 1.20. The van der Waals surface area contributed by atoms with E-state index < -0.39 is 0 Å². The fourth-order valence-electron chi connectivity index (χ4n) is 6.71. The molecule has 0 spiro atoms. The molecule has 0 unspecified atom stereocenters. The highest BCUT2D eigenvalue weighted by molar-refractivity contribution is 6.10. The van der Waals surface area contributed by atoms with Crippen LogP contribution in [0.4, 0.5) is 0 Å². The number of fused-ring (bicyclic) bond motifs is 3. The van der Waals surface area contributed by atoms with Gasteiger partial charge in [0.25, 0.3) is 0 Å². The average molecular weight is 576 g/mol. The summed E-state index contributed by atoms with van der Waals surface area (Å²) in [6.45, 7) is 4.39. The molecule has 7 aromatic carbocycles. The van der Waals surface area contributed by atoms with E-state index in [2.05, 4.69) is 182 Å². The van der Waals surface area contributed by atoms with Crippen LogP contribution in [-0.4, -0.2) is 4.57 Å². The van der Waals surface area contributed by atoms with Crippen LogP contribution < -0.4 is 0 Å². The molecule has 0 bridgehead atoms. The van der Waals surface area contributed by atoms with Crippen molar-refractivity contribution in [3.05, 3.63) is 175 Å². The molecule has 0 aliphatic rings. The molecular weight excluding hydrogens is 542 g/mol. The van der Waals surface area contributed by atoms with Crippen molar-refractivity contribution in [1.82, 2.24) is 4.57 Å². The van der Waals surface area contributed by atoms with Crippen molar-refractivity contribution < 1.29 is 0 Å². The van der Waals surface area contributed by atoms with Crippen molar-refractivity contribution in [3.63, 3.8) is 0 Å². The number of aryl methyl sites for hydroxylation is 2. The molecule has 8 aromatic rings. The highest BCUT2D eigenvalue weighted by Crippen LogP contribution is 2.37. The van der Waals surface area contributed by atoms with E-state index in [1.807, 2.05) is 0 Å². The third-order valence-corrected chi connectivity index (χ3v) is 9.11. The summed E-state index contributed by atoms with van der Waals surface area (Å²) in [7, 11) is 0. The number of hydrogen-bond acceptors (Lipinski definition) is 0. The van der Waals surface area contributed by atoms with Crippen molar-refractivity contribution in [1.29, 1.82) is 0 Å². The molecule has 1 heteroatoms. The number of benzene rings is 7. The Kier molecular flexibility index (Phi) is 6.65. The summed E-state index contributed by atoms with van der Waals surface area (Å²) in [5.74, 6) is 0. The molecule has 0 aliphatic carbocycles. The largest absolute Gasteiger partial charge is 0.309 e. The predicted octanol–water partition coefficient (Wildman–Crippen LogP) is 12.1. The van der Waals surface area contributed by atoms with Crippen LogP contribution in [0.5, 0.6) is 0 Å². The molecule has 1 aromatic heterocycles. The van der Waals surface area contributed by atoms with Crippen molar-refractivity contribution in [2.45, 2.75) is 13.8 Å². The second-order valence-corrected chi connectivity index (χ2v) is 11.9. The molecule has 0 radical (unpaired) electrons. The summed E-state index contributed by atoms with van der Waals surface area (Å²) in [4.78, 5) is 0. The van der Waals surface area contributed by atoms with Gasteiger partial charge in [-0.3, -0.25) is 0 Å². The molecular formula is C44H33N. The lowest BCUT2D eigenvalue weighted by Crippen LogP contribution is -1.94. The number of rotatable bonds is 5. The molecule has 1 heterocycles. The second kappa shape index (κ2) is 11.1. The zero-order valence-electron chi connectivity index (χ0n) is 25.5. The summed E-state index contributed by atoms with van der Waals surface area (Å²) in [6, 6.07) is 59.5. The van der Waals surface area contributed by atoms with E-state index in [0.29, 0.717) is 0 Å². The van der Waals surface area contributed by atoms with Crippen LogP contribution in [0, 0.1) is 13.8 Å². The van der Waals surface area contributed by atoms with E-state index in [-0.39, 0.29) is 0 Å². The molecule has 45 heavy (non-hydrogen) atoms. The van der Waals surface area contributed by atoms with E-state index in [1.54, 1.807) is 0 Å². The Morgan fingerprint density at radius 3 is 1.69 bits per heavy atom. The van der Waals surface area contributed by atoms with E-state index in [0.717, 1.165) is 5.69 Å². The maximum atomic E-state index is 2.40. The molecule has 0 aliphatic heterocycles. The summed E-state index contributed by atoms with van der Waals surface area (Å²) in [5.41, 5.74) is 16.1. The summed E-state index contributed by atoms with van der Waals surface area (Å²) < 4.78 is 2.40. The second-order valence-electron chi connectivity index (χ2n) is 11.9. The lowest BCUT2D eigenvalue weighted by Gasteiger charge is -2.13. The van der Waals surface area contributed by atoms with Crippen LogP contribution in [0.3, 0.4) is 0 Å². The van der Waals surface area contributed by atoms with Gasteiger partial charge in [-0.15, -0.1) is 0 Å². The molecule has 0 N–H and O–H groups in total. The average Bonchev–Trinajstić information content (AvgIpc) is 3.43. The van der Waals surface area contributed by atoms with Gasteiger partial charge in [0.05, 0.1) is 11.0 Å². The third-order valence-electron chi connectivity index (χ3n) is 9.11. The smallest absolute Gasteiger partial charge is 0.0541 e. The Hall–Kier alpha value is -5.66. The lowest BCUT2D eigenvalue weighted by molar-refractivity contribution is 1.18. The van der Waals surface area contributed by atoms with Crippen LogP contribution in [0.25, 0.3) is 72.0 Å². The minimum absolute atomic E-state index is 1.16. The van der Waals surface area contributed by atoms with Gasteiger partial charge in [-0.25, -0.2) is 0 Å². The maximum Gasteiger partial charge on any atom is 0.0541 e. The standard InChI is InChI=1S/C44H33N/c1-30-11-6-7-16-39(30)41-28-36(20-19-31(41)2)37-23-26-44-42(29-37)40-17-8-9-18-43(40)45(44)38-24-21-33(22-25-38)35-15-10-14-34(27-35)32-12-4-3-5-13-32/h3-29H,1-2H3. The Labute approximate surface area is 264 Å². The SMILES string of the molecule is Cc1ccccc1-c1cc(-c2ccc3c(c2)c2ccccc2n3-c2ccc(-c3cccc(-c4ccccc4)c3)cc2)ccc1C. The Morgan fingerprint density at radius 2 is 0.889 bits per heavy atom. The summed E-state index contributed by atoms with van der Waals surface area (Å²) in [5, 5.41) is 2.53. The van der Waals surface area contributed by atoms with Crippen molar-refractivity contribution >= 4 is 21.8 Å². The van der Waals surface area contributed by atoms with Crippen molar-refractivity contribution in [2.75, 3.05) is 0 Å². The number of para-hydroxylation sites is 1. The normalized spacial score (nSPS) is 11.3. The zero-order chi connectivity index (χ0) is 30.3. The fraction of sp³-hybridized carbons (Fsp3) is 0.0455. The van der Waals surface area contributed by atoms with Gasteiger partial charge in [-0.05, 0) is 112 Å². The molecule has 0 saturated heterocycles. The van der Waals surface area contributed by atoms with Gasteiger partial charge in [-0.2, -0.15) is 0 Å². The fourth-order valence-corrected chi connectivity index (χ4v) is 6.71. The quantitative estimate of drug-likeness (QED) is 0.192. The van der Waals surface area contributed by atoms with Crippen molar-refractivity contribution in [3.8, 4) is 50.2 Å². The van der Waals surface area contributed by atoms with E-state index in [9.17, 15) is 0 Å². The number of aromatic nitrogens is 1. The highest BCUT2D eigenvalue weighted by Gasteiger charge is 2.14. The molecule has 0 amide bonds. The number of hydrogen-bond donors (Lipinski definition) is 0. The van der Waals surface area contributed by atoms with Crippen LogP contribution in [-0.2, 0) is 0 Å². The van der Waals surface area contributed by atoms with Gasteiger partial charge >= 0.3 is 0 Å². The third kappa shape index (κ3) is 4.83. The maximum absolute atomic E-state index is 2.40. The first kappa shape index (κ1) is 26.9. The first-order valence-electron chi connectivity index (χ1n) is 15.6. The van der Waals surface area contributed by atoms with Crippen LogP contribution in [0.2, 0.25) is 0 Å². The molecule has 8 rings (SSSR count). The van der Waals surface area contributed by atoms with Gasteiger partial charge in [0.1, 0.15) is 0 Å². The van der Waals surface area contributed by atoms with Crippen LogP contribution in [0.1, 0.15) is 11.1 Å². The van der Waals surface area contributed by atoms with Gasteiger partial charge < -0.3 is 4.57 Å². The molecule has 1 nitrogen and oxygen atoms in total. The van der Waals surface area contributed by atoms with Crippen molar-refractivity contribution in [2.24, 2.45) is 0 Å². The zero-order valence-corrected chi connectivity index (χ0v) is 25.5. The van der Waals surface area contributed by atoms with Crippen LogP contribution >= 0.6 is 0 Å². The monoisotopic (exact) mass is 575 g/mol. The van der Waals surface area contributed by atoms with Crippen LogP contribution in [0.15, 0.2) is 164 Å². The summed E-state index contributed by atoms with van der Waals surface area (Å²) >= 11 is 0. The number of nitrogens with zero attached hydrogens (tertiary/aromatic N) is 1. The van der Waals surface area contributed by atoms with E-state index >= 15 is 0 Å². The van der Waals surface area contributed by atoms with Gasteiger partial charge in [0.15, 0.2) is 0 Å².